The lowest BCUT2D eigenvalue weighted by Gasteiger charge is -2.39. The highest BCUT2D eigenvalue weighted by Crippen LogP contribution is 2.60. The second kappa shape index (κ2) is 10.7. The van der Waals surface area contributed by atoms with Crippen molar-refractivity contribution < 1.29 is 28.4 Å². The normalized spacial score (nSPS) is 17.5. The minimum atomic E-state index is -0.00964. The van der Waals surface area contributed by atoms with E-state index in [2.05, 4.69) is 54.4 Å². The van der Waals surface area contributed by atoms with Gasteiger partial charge in [0.1, 0.15) is 11.5 Å². The van der Waals surface area contributed by atoms with E-state index in [9.17, 15) is 0 Å². The average Bonchev–Trinajstić information content (AvgIpc) is 3.06. The molecule has 0 N–H and O–H groups in total. The summed E-state index contributed by atoms with van der Waals surface area (Å²) in [6.45, 7) is 1.58. The molecule has 8 nitrogen and oxygen atoms in total. The summed E-state index contributed by atoms with van der Waals surface area (Å²) >= 11 is 0. The number of methoxy groups -OCH3 is 4. The minimum absolute atomic E-state index is 0.00964. The Kier molecular flexibility index (Phi) is 6.64. The summed E-state index contributed by atoms with van der Waals surface area (Å²) in [5.74, 6) is 5.48. The standard InChI is InChI=1S/C37H36N2O6/c1-39-13-11-23-33-28(39)17-21-7-9-30(41-3)26(15-21)25-14-20(6-8-29(25)40-2)16-27-24-19-32-31(18-22(24)10-12-38-27)45-37(35(33)44-32)36(43-5)34(23)42-4/h6-9,14-15,18-19,28H,10-13,16-17H2,1-5H3/t28-/m1/s1. The van der Waals surface area contributed by atoms with E-state index in [0.29, 0.717) is 40.9 Å². The average molecular weight is 605 g/mol. The SMILES string of the molecule is COc1ccc2cc1-c1cc(ccc1OC)C[C@@H]1c3c(c(OC)c(OC)c4c3Oc3cc5c(cc3O4)CCN=C5C2)CCN1C. The molecule has 45 heavy (non-hydrogen) atoms. The zero-order chi connectivity index (χ0) is 30.8. The molecule has 8 heteroatoms. The number of hydrogen-bond acceptors (Lipinski definition) is 8. The van der Waals surface area contributed by atoms with Gasteiger partial charge in [0.25, 0.3) is 0 Å². The first kappa shape index (κ1) is 27.8. The molecular weight excluding hydrogens is 568 g/mol. The lowest BCUT2D eigenvalue weighted by atomic mass is 9.85. The molecule has 4 aliphatic heterocycles. The highest BCUT2D eigenvalue weighted by molar-refractivity contribution is 6.04. The number of ether oxygens (including phenoxy) is 6. The Labute approximate surface area is 263 Å². The molecule has 4 aromatic rings. The maximum absolute atomic E-state index is 6.90. The molecule has 0 saturated heterocycles. The lowest BCUT2D eigenvalue weighted by Crippen LogP contribution is -2.34. The molecule has 0 aromatic heterocycles. The smallest absolute Gasteiger partial charge is 0.216 e. The first-order chi connectivity index (χ1) is 22.0. The summed E-state index contributed by atoms with van der Waals surface area (Å²) in [7, 11) is 8.96. The highest BCUT2D eigenvalue weighted by atomic mass is 16.6. The number of hydrogen-bond donors (Lipinski definition) is 0. The van der Waals surface area contributed by atoms with Crippen LogP contribution in [0.4, 0.5) is 0 Å². The van der Waals surface area contributed by atoms with Crippen LogP contribution in [0.5, 0.6) is 46.0 Å². The predicted molar refractivity (Wildman–Crippen MR) is 173 cm³/mol. The van der Waals surface area contributed by atoms with Gasteiger partial charge in [-0.2, -0.15) is 0 Å². The van der Waals surface area contributed by atoms with E-state index in [0.717, 1.165) is 82.9 Å². The zero-order valence-electron chi connectivity index (χ0n) is 26.3. The zero-order valence-corrected chi connectivity index (χ0v) is 26.3. The van der Waals surface area contributed by atoms with Crippen molar-refractivity contribution >= 4 is 5.71 Å². The quantitative estimate of drug-likeness (QED) is 0.220. The van der Waals surface area contributed by atoms with Gasteiger partial charge in [-0.25, -0.2) is 0 Å². The molecule has 0 fully saturated rings. The van der Waals surface area contributed by atoms with Crippen molar-refractivity contribution in [3.8, 4) is 57.1 Å². The third-order valence-electron chi connectivity index (χ3n) is 9.66. The van der Waals surface area contributed by atoms with Crippen LogP contribution in [0.1, 0.15) is 39.4 Å². The van der Waals surface area contributed by atoms with Gasteiger partial charge in [-0.15, -0.1) is 0 Å². The summed E-state index contributed by atoms with van der Waals surface area (Å²) in [6.07, 6.45) is 3.04. The number of benzene rings is 4. The van der Waals surface area contributed by atoms with Crippen LogP contribution in [0.25, 0.3) is 11.1 Å². The summed E-state index contributed by atoms with van der Waals surface area (Å²) in [5, 5.41) is 0. The van der Waals surface area contributed by atoms with E-state index in [1.54, 1.807) is 28.4 Å². The van der Waals surface area contributed by atoms with E-state index in [4.69, 9.17) is 33.4 Å². The molecule has 0 amide bonds. The van der Waals surface area contributed by atoms with Crippen molar-refractivity contribution in [1.82, 2.24) is 4.90 Å². The van der Waals surface area contributed by atoms with Crippen LogP contribution in [0, 0.1) is 0 Å². The molecule has 4 heterocycles. The van der Waals surface area contributed by atoms with Crippen LogP contribution < -0.4 is 28.4 Å². The first-order valence-corrected chi connectivity index (χ1v) is 15.4. The summed E-state index contributed by atoms with van der Waals surface area (Å²) < 4.78 is 37.4. The van der Waals surface area contributed by atoms with Gasteiger partial charge >= 0.3 is 0 Å². The van der Waals surface area contributed by atoms with Crippen molar-refractivity contribution in [2.75, 3.05) is 48.6 Å². The lowest BCUT2D eigenvalue weighted by molar-refractivity contribution is 0.215. The number of fused-ring (bicyclic) bond motifs is 5. The van der Waals surface area contributed by atoms with E-state index >= 15 is 0 Å². The summed E-state index contributed by atoms with van der Waals surface area (Å²) in [6, 6.07) is 17.0. The van der Waals surface area contributed by atoms with E-state index in [-0.39, 0.29) is 6.04 Å². The highest BCUT2D eigenvalue weighted by Gasteiger charge is 2.39. The van der Waals surface area contributed by atoms with Crippen molar-refractivity contribution in [3.05, 3.63) is 81.9 Å². The van der Waals surface area contributed by atoms with Gasteiger partial charge in [0.15, 0.2) is 23.0 Å². The van der Waals surface area contributed by atoms with Gasteiger partial charge in [-0.1, -0.05) is 12.1 Å². The van der Waals surface area contributed by atoms with Crippen LogP contribution in [0.3, 0.4) is 0 Å². The van der Waals surface area contributed by atoms with Crippen LogP contribution in [0.15, 0.2) is 53.5 Å². The fraction of sp³-hybridized carbons (Fsp3) is 0.324. The van der Waals surface area contributed by atoms with Gasteiger partial charge in [0.05, 0.1) is 28.4 Å². The first-order valence-electron chi connectivity index (χ1n) is 15.4. The van der Waals surface area contributed by atoms with E-state index < -0.39 is 0 Å². The third kappa shape index (κ3) is 4.34. The molecule has 4 aromatic carbocycles. The topological polar surface area (TPSA) is 71.0 Å². The van der Waals surface area contributed by atoms with Gasteiger partial charge in [0.2, 0.25) is 11.5 Å². The number of rotatable bonds is 4. The maximum Gasteiger partial charge on any atom is 0.216 e. The largest absolute Gasteiger partial charge is 0.496 e. The monoisotopic (exact) mass is 604 g/mol. The minimum Gasteiger partial charge on any atom is -0.496 e. The van der Waals surface area contributed by atoms with Gasteiger partial charge in [0, 0.05) is 59.1 Å². The molecule has 4 aliphatic rings. The molecule has 8 rings (SSSR count). The van der Waals surface area contributed by atoms with Crippen LogP contribution >= 0.6 is 0 Å². The van der Waals surface area contributed by atoms with Crippen molar-refractivity contribution in [1.29, 1.82) is 0 Å². The molecule has 1 atom stereocenters. The molecule has 0 aliphatic carbocycles. The number of likely N-dealkylation sites (N-methyl/N-ethyl adjacent to an activating group) is 1. The predicted octanol–water partition coefficient (Wildman–Crippen LogP) is 6.96. The number of aliphatic imine (C=N–C) groups is 1. The van der Waals surface area contributed by atoms with Crippen molar-refractivity contribution in [2.24, 2.45) is 4.99 Å². The Morgan fingerprint density at radius 2 is 1.42 bits per heavy atom. The Balaban J connectivity index is 1.42. The molecule has 0 unspecified atom stereocenters. The molecule has 0 spiro atoms. The second-order valence-electron chi connectivity index (χ2n) is 12.1. The van der Waals surface area contributed by atoms with Crippen LogP contribution in [-0.2, 0) is 25.7 Å². The fourth-order valence-corrected chi connectivity index (χ4v) is 7.43. The second-order valence-corrected chi connectivity index (χ2v) is 12.1. The van der Waals surface area contributed by atoms with E-state index in [1.807, 2.05) is 6.07 Å². The van der Waals surface area contributed by atoms with Crippen LogP contribution in [-0.4, -0.2) is 59.2 Å². The third-order valence-corrected chi connectivity index (χ3v) is 9.66. The summed E-state index contributed by atoms with van der Waals surface area (Å²) in [5.41, 5.74) is 9.78. The summed E-state index contributed by atoms with van der Waals surface area (Å²) in [4.78, 5) is 7.40. The van der Waals surface area contributed by atoms with Crippen LogP contribution in [0.2, 0.25) is 0 Å². The van der Waals surface area contributed by atoms with E-state index in [1.165, 1.54) is 11.1 Å². The fourth-order valence-electron chi connectivity index (χ4n) is 7.43. The van der Waals surface area contributed by atoms with Gasteiger partial charge < -0.3 is 28.4 Å². The number of nitrogens with zero attached hydrogens (tertiary/aromatic N) is 2. The molecule has 7 bridgehead atoms. The molecule has 230 valence electrons. The molecular formula is C37H36N2O6. The van der Waals surface area contributed by atoms with Crippen molar-refractivity contribution in [3.63, 3.8) is 0 Å². The molecule has 0 saturated carbocycles. The van der Waals surface area contributed by atoms with Crippen molar-refractivity contribution in [2.45, 2.75) is 31.7 Å². The van der Waals surface area contributed by atoms with Gasteiger partial charge in [-0.3, -0.25) is 9.89 Å². The van der Waals surface area contributed by atoms with Gasteiger partial charge in [-0.05, 0) is 79.4 Å². The Hall–Kier alpha value is -4.69. The molecule has 0 radical (unpaired) electrons. The Morgan fingerprint density at radius 3 is 2.16 bits per heavy atom. The Morgan fingerprint density at radius 1 is 0.733 bits per heavy atom. The Bertz CT molecular complexity index is 1900. The maximum atomic E-state index is 6.90.